The predicted octanol–water partition coefficient (Wildman–Crippen LogP) is -1.95. The van der Waals surface area contributed by atoms with E-state index in [4.69, 9.17) is 21.6 Å². The van der Waals surface area contributed by atoms with Crippen molar-refractivity contribution < 1.29 is 4.43 Å². The zero-order chi connectivity index (χ0) is 7.33. The third kappa shape index (κ3) is 8.06. The fraction of sp³-hybridized carbons (Fsp3) is 1.00. The lowest BCUT2D eigenvalue weighted by Gasteiger charge is -2.17. The summed E-state index contributed by atoms with van der Waals surface area (Å²) in [5, 5.41) is 0. The minimum atomic E-state index is -0.995. The minimum absolute atomic E-state index is 0.398. The van der Waals surface area contributed by atoms with Crippen molar-refractivity contribution in [2.24, 2.45) is 17.2 Å². The van der Waals surface area contributed by atoms with E-state index in [1.54, 1.807) is 7.11 Å². The van der Waals surface area contributed by atoms with Gasteiger partial charge in [-0.15, -0.1) is 0 Å². The molecular weight excluding hydrogens is 134 g/mol. The maximum Gasteiger partial charge on any atom is 0.161 e. The smallest absolute Gasteiger partial charge is 0.161 e. The zero-order valence-electron chi connectivity index (χ0n) is 5.76. The van der Waals surface area contributed by atoms with Gasteiger partial charge in [0.2, 0.25) is 0 Å². The lowest BCUT2D eigenvalue weighted by molar-refractivity contribution is 0.412. The monoisotopic (exact) mass is 149 g/mol. The first-order chi connectivity index (χ1) is 4.06. The maximum absolute atomic E-state index is 5.30. The molecule has 0 amide bonds. The van der Waals surface area contributed by atoms with E-state index in [0.29, 0.717) is 6.42 Å². The Balaban J connectivity index is 3.07. The molecule has 0 bridgehead atoms. The summed E-state index contributed by atoms with van der Waals surface area (Å²) in [4.78, 5) is 0. The van der Waals surface area contributed by atoms with E-state index >= 15 is 0 Å². The van der Waals surface area contributed by atoms with Gasteiger partial charge in [-0.25, -0.2) is 0 Å². The number of nitrogens with two attached hydrogens (primary N) is 3. The van der Waals surface area contributed by atoms with E-state index in [1.165, 1.54) is 0 Å². The van der Waals surface area contributed by atoms with Gasteiger partial charge in [0.25, 0.3) is 0 Å². The molecule has 0 fully saturated rings. The highest BCUT2D eigenvalue weighted by Crippen LogP contribution is 1.94. The van der Waals surface area contributed by atoms with Crippen molar-refractivity contribution in [1.82, 2.24) is 0 Å². The van der Waals surface area contributed by atoms with E-state index in [9.17, 15) is 0 Å². The molecule has 0 aliphatic heterocycles. The molecule has 0 aromatic heterocycles. The Morgan fingerprint density at radius 2 is 2.00 bits per heavy atom. The summed E-state index contributed by atoms with van der Waals surface area (Å²) in [5.74, 6) is -0.995. The van der Waals surface area contributed by atoms with Crippen LogP contribution in [0.1, 0.15) is 6.42 Å². The van der Waals surface area contributed by atoms with Crippen LogP contribution in [0.2, 0.25) is 6.04 Å². The molecule has 4 nitrogen and oxygen atoms in total. The van der Waals surface area contributed by atoms with Gasteiger partial charge in [0.15, 0.2) is 9.76 Å². The van der Waals surface area contributed by atoms with Crippen molar-refractivity contribution in [2.75, 3.05) is 7.11 Å². The van der Waals surface area contributed by atoms with Gasteiger partial charge < -0.3 is 21.6 Å². The minimum Gasteiger partial charge on any atom is -0.427 e. The van der Waals surface area contributed by atoms with Crippen molar-refractivity contribution >= 4 is 9.76 Å². The second kappa shape index (κ2) is 3.97. The molecule has 0 unspecified atom stereocenters. The van der Waals surface area contributed by atoms with E-state index in [-0.39, 0.29) is 0 Å². The van der Waals surface area contributed by atoms with Crippen LogP contribution in [-0.4, -0.2) is 22.7 Å². The molecule has 0 radical (unpaired) electrons. The zero-order valence-corrected chi connectivity index (χ0v) is 7.18. The first-order valence-corrected chi connectivity index (χ1v) is 4.49. The lowest BCUT2D eigenvalue weighted by atomic mass is 10.3. The topological polar surface area (TPSA) is 87.3 Å². The Morgan fingerprint density at radius 1 is 1.44 bits per heavy atom. The summed E-state index contributed by atoms with van der Waals surface area (Å²) in [6.07, 6.45) is 0.646. The van der Waals surface area contributed by atoms with Crippen LogP contribution >= 0.6 is 0 Å². The molecule has 0 aromatic rings. The van der Waals surface area contributed by atoms with Crippen LogP contribution in [0.25, 0.3) is 0 Å². The molecule has 0 saturated heterocycles. The fourth-order valence-electron chi connectivity index (χ4n) is 0.523. The molecule has 0 atom stereocenters. The Hall–Kier alpha value is 0.0569. The number of hydrogen-bond donors (Lipinski definition) is 3. The van der Waals surface area contributed by atoms with Crippen molar-refractivity contribution in [3.63, 3.8) is 0 Å². The Morgan fingerprint density at radius 3 is 2.33 bits per heavy atom. The first kappa shape index (κ1) is 9.06. The lowest BCUT2D eigenvalue weighted by Crippen LogP contribution is -2.57. The normalized spacial score (nSPS) is 13.3. The molecule has 0 saturated carbocycles. The summed E-state index contributed by atoms with van der Waals surface area (Å²) >= 11 is 0. The summed E-state index contributed by atoms with van der Waals surface area (Å²) in [7, 11) is 1.29. The van der Waals surface area contributed by atoms with Gasteiger partial charge in [-0.1, -0.05) is 0 Å². The van der Waals surface area contributed by atoms with Crippen LogP contribution in [0, 0.1) is 0 Å². The SMILES string of the molecule is CO[SiH2]CCC(N)(N)N. The summed E-state index contributed by atoms with van der Waals surface area (Å²) in [6, 6.07) is 0.944. The van der Waals surface area contributed by atoms with Crippen LogP contribution in [0.3, 0.4) is 0 Å². The molecule has 0 heterocycles. The van der Waals surface area contributed by atoms with Gasteiger partial charge in [-0.05, 0) is 12.5 Å². The third-order valence-corrected chi connectivity index (χ3v) is 2.01. The van der Waals surface area contributed by atoms with Crippen LogP contribution < -0.4 is 17.2 Å². The third-order valence-electron chi connectivity index (χ3n) is 0.958. The fourth-order valence-corrected chi connectivity index (χ4v) is 1.57. The van der Waals surface area contributed by atoms with E-state index in [0.717, 1.165) is 6.04 Å². The molecule has 0 rings (SSSR count). The summed E-state index contributed by atoms with van der Waals surface area (Å²) in [5.41, 5.74) is 15.9. The Kier molecular flexibility index (Phi) is 3.99. The van der Waals surface area contributed by atoms with Gasteiger partial charge in [0.1, 0.15) is 5.79 Å². The Bertz CT molecular complexity index is 72.7. The second-order valence-corrected chi connectivity index (χ2v) is 3.90. The molecular formula is C4H15N3OSi. The highest BCUT2D eigenvalue weighted by molar-refractivity contribution is 6.26. The van der Waals surface area contributed by atoms with Crippen molar-refractivity contribution in [2.45, 2.75) is 18.3 Å². The summed E-state index contributed by atoms with van der Waals surface area (Å²) < 4.78 is 4.91. The molecule has 5 heteroatoms. The van der Waals surface area contributed by atoms with Crippen LogP contribution in [0.4, 0.5) is 0 Å². The molecule has 6 N–H and O–H groups in total. The van der Waals surface area contributed by atoms with Gasteiger partial charge in [0, 0.05) is 7.11 Å². The van der Waals surface area contributed by atoms with Crippen LogP contribution in [-0.2, 0) is 4.43 Å². The van der Waals surface area contributed by atoms with Crippen LogP contribution in [0.5, 0.6) is 0 Å². The van der Waals surface area contributed by atoms with Crippen molar-refractivity contribution in [1.29, 1.82) is 0 Å². The summed E-state index contributed by atoms with van der Waals surface area (Å²) in [6.45, 7) is 0. The molecule has 0 aliphatic rings. The van der Waals surface area contributed by atoms with Gasteiger partial charge in [-0.3, -0.25) is 0 Å². The predicted molar refractivity (Wildman–Crippen MR) is 40.3 cm³/mol. The molecule has 9 heavy (non-hydrogen) atoms. The highest BCUT2D eigenvalue weighted by atomic mass is 28.2. The van der Waals surface area contributed by atoms with E-state index < -0.39 is 15.5 Å². The van der Waals surface area contributed by atoms with Gasteiger partial charge in [-0.2, -0.15) is 0 Å². The molecule has 0 aromatic carbocycles. The van der Waals surface area contributed by atoms with E-state index in [1.807, 2.05) is 0 Å². The average Bonchev–Trinajstić information content (AvgIpc) is 1.63. The quantitative estimate of drug-likeness (QED) is 0.246. The standard InChI is InChI=1S/C4H15N3OSi/c1-8-9-3-2-4(5,6)7/h2-3,5-7,9H2,1H3. The Labute approximate surface area is 57.7 Å². The van der Waals surface area contributed by atoms with Gasteiger partial charge in [0.05, 0.1) is 0 Å². The average molecular weight is 149 g/mol. The van der Waals surface area contributed by atoms with Crippen molar-refractivity contribution in [3.8, 4) is 0 Å². The maximum atomic E-state index is 5.30. The molecule has 56 valence electrons. The number of hydrogen-bond acceptors (Lipinski definition) is 4. The molecule has 0 spiro atoms. The van der Waals surface area contributed by atoms with E-state index in [2.05, 4.69) is 0 Å². The molecule has 0 aliphatic carbocycles. The largest absolute Gasteiger partial charge is 0.427 e. The highest BCUT2D eigenvalue weighted by Gasteiger charge is 2.09. The second-order valence-electron chi connectivity index (χ2n) is 2.21. The van der Waals surface area contributed by atoms with Crippen molar-refractivity contribution in [3.05, 3.63) is 0 Å². The number of rotatable bonds is 4. The first-order valence-electron chi connectivity index (χ1n) is 2.92. The van der Waals surface area contributed by atoms with Crippen LogP contribution in [0.15, 0.2) is 0 Å². The van der Waals surface area contributed by atoms with Gasteiger partial charge >= 0.3 is 0 Å².